The van der Waals surface area contributed by atoms with Crippen molar-refractivity contribution < 1.29 is 6.16 Å². The van der Waals surface area contributed by atoms with Crippen molar-refractivity contribution in [1.29, 1.82) is 0 Å². The van der Waals surface area contributed by atoms with Gasteiger partial charge in [-0.15, -0.1) is 0 Å². The minimum absolute atomic E-state index is 0. The summed E-state index contributed by atoms with van der Waals surface area (Å²) in [6.07, 6.45) is 2.79. The van der Waals surface area contributed by atoms with Crippen LogP contribution in [-0.4, -0.2) is 75.9 Å². The maximum atomic E-state index is 5.77. The van der Waals surface area contributed by atoms with Crippen molar-refractivity contribution in [3.8, 4) is 0 Å². The second-order valence-electron chi connectivity index (χ2n) is 4.99. The van der Waals surface area contributed by atoms with E-state index in [2.05, 4.69) is 29.1 Å². The second kappa shape index (κ2) is 8.86. The SMILES string of the molecule is CCCN(C)CCN1CCO[C@H](CCNC)C1.[HH]. The molecular formula is C13H31N3O. The highest BCUT2D eigenvalue weighted by atomic mass is 16.5. The molecule has 0 saturated carbocycles. The van der Waals surface area contributed by atoms with Crippen molar-refractivity contribution in [1.82, 2.24) is 15.1 Å². The van der Waals surface area contributed by atoms with E-state index in [9.17, 15) is 0 Å². The number of nitrogens with one attached hydrogen (secondary N) is 1. The Labute approximate surface area is 108 Å². The highest BCUT2D eigenvalue weighted by molar-refractivity contribution is 4.72. The lowest BCUT2D eigenvalue weighted by Crippen LogP contribution is -2.45. The summed E-state index contributed by atoms with van der Waals surface area (Å²) in [5.41, 5.74) is 0. The zero-order chi connectivity index (χ0) is 12.5. The summed E-state index contributed by atoms with van der Waals surface area (Å²) >= 11 is 0. The van der Waals surface area contributed by atoms with Gasteiger partial charge < -0.3 is 15.0 Å². The number of nitrogens with zero attached hydrogens (tertiary/aromatic N) is 2. The lowest BCUT2D eigenvalue weighted by Gasteiger charge is -2.33. The average molecular weight is 245 g/mol. The fourth-order valence-electron chi connectivity index (χ4n) is 2.27. The van der Waals surface area contributed by atoms with E-state index in [0.29, 0.717) is 6.10 Å². The van der Waals surface area contributed by atoms with Gasteiger partial charge in [0.2, 0.25) is 0 Å². The molecule has 1 aliphatic rings. The molecule has 0 radical (unpaired) electrons. The quantitative estimate of drug-likeness (QED) is 0.687. The van der Waals surface area contributed by atoms with E-state index in [4.69, 9.17) is 4.74 Å². The summed E-state index contributed by atoms with van der Waals surface area (Å²) in [7, 11) is 4.21. The number of rotatable bonds is 8. The molecule has 4 nitrogen and oxygen atoms in total. The van der Waals surface area contributed by atoms with E-state index >= 15 is 0 Å². The number of hydrogen-bond donors (Lipinski definition) is 1. The van der Waals surface area contributed by atoms with Gasteiger partial charge >= 0.3 is 0 Å². The molecule has 0 spiro atoms. The Hall–Kier alpha value is -0.160. The maximum absolute atomic E-state index is 5.77. The van der Waals surface area contributed by atoms with Gasteiger partial charge in [0, 0.05) is 27.6 Å². The first-order valence-corrected chi connectivity index (χ1v) is 6.93. The number of morpholine rings is 1. The molecule has 1 rings (SSSR count). The topological polar surface area (TPSA) is 27.7 Å². The molecule has 1 atom stereocenters. The molecule has 1 saturated heterocycles. The smallest absolute Gasteiger partial charge is 0.0714 e. The summed E-state index contributed by atoms with van der Waals surface area (Å²) in [6.45, 7) is 9.92. The van der Waals surface area contributed by atoms with Gasteiger partial charge in [-0.05, 0) is 40.0 Å². The number of likely N-dealkylation sites (N-methyl/N-ethyl adjacent to an activating group) is 1. The number of ether oxygens (including phenoxy) is 1. The first kappa shape index (κ1) is 14.9. The molecule has 0 unspecified atom stereocenters. The van der Waals surface area contributed by atoms with Crippen LogP contribution in [-0.2, 0) is 4.74 Å². The van der Waals surface area contributed by atoms with Crippen molar-refractivity contribution in [2.75, 3.05) is 60.0 Å². The van der Waals surface area contributed by atoms with Crippen LogP contribution in [0.1, 0.15) is 21.2 Å². The van der Waals surface area contributed by atoms with Gasteiger partial charge in [-0.2, -0.15) is 0 Å². The Balaban J connectivity index is 0.00000289. The summed E-state index contributed by atoms with van der Waals surface area (Å²) in [5.74, 6) is 0. The van der Waals surface area contributed by atoms with E-state index < -0.39 is 0 Å². The van der Waals surface area contributed by atoms with E-state index in [0.717, 1.165) is 32.7 Å². The monoisotopic (exact) mass is 245 g/mol. The minimum Gasteiger partial charge on any atom is -0.376 e. The van der Waals surface area contributed by atoms with Crippen molar-refractivity contribution >= 4 is 0 Å². The van der Waals surface area contributed by atoms with Crippen LogP contribution in [0.5, 0.6) is 0 Å². The first-order chi connectivity index (χ1) is 8.26. The summed E-state index contributed by atoms with van der Waals surface area (Å²) < 4.78 is 5.77. The Morgan fingerprint density at radius 1 is 1.47 bits per heavy atom. The van der Waals surface area contributed by atoms with Crippen LogP contribution < -0.4 is 5.32 Å². The molecule has 104 valence electrons. The molecule has 1 aliphatic heterocycles. The Morgan fingerprint density at radius 2 is 2.29 bits per heavy atom. The molecule has 0 aromatic heterocycles. The fourth-order valence-corrected chi connectivity index (χ4v) is 2.27. The predicted octanol–water partition coefficient (Wildman–Crippen LogP) is 0.885. The third kappa shape index (κ3) is 6.36. The fraction of sp³-hybridized carbons (Fsp3) is 1.00. The van der Waals surface area contributed by atoms with Gasteiger partial charge in [-0.1, -0.05) is 6.92 Å². The van der Waals surface area contributed by atoms with E-state index in [-0.39, 0.29) is 1.43 Å². The highest BCUT2D eigenvalue weighted by Crippen LogP contribution is 2.07. The van der Waals surface area contributed by atoms with Gasteiger partial charge in [-0.3, -0.25) is 4.90 Å². The Bertz CT molecular complexity index is 195. The summed E-state index contributed by atoms with van der Waals surface area (Å²) in [5, 5.41) is 3.19. The van der Waals surface area contributed by atoms with Crippen LogP contribution in [0.15, 0.2) is 0 Å². The van der Waals surface area contributed by atoms with Crippen LogP contribution in [0.4, 0.5) is 0 Å². The van der Waals surface area contributed by atoms with Crippen molar-refractivity contribution in [2.45, 2.75) is 25.9 Å². The zero-order valence-electron chi connectivity index (χ0n) is 11.7. The number of hydrogen-bond acceptors (Lipinski definition) is 4. The van der Waals surface area contributed by atoms with Crippen molar-refractivity contribution in [2.24, 2.45) is 0 Å². The molecule has 1 N–H and O–H groups in total. The molecule has 0 aromatic rings. The van der Waals surface area contributed by atoms with Gasteiger partial charge in [0.15, 0.2) is 0 Å². The maximum Gasteiger partial charge on any atom is 0.0714 e. The van der Waals surface area contributed by atoms with Gasteiger partial charge in [0.1, 0.15) is 0 Å². The largest absolute Gasteiger partial charge is 0.376 e. The highest BCUT2D eigenvalue weighted by Gasteiger charge is 2.19. The molecular weight excluding hydrogens is 214 g/mol. The Morgan fingerprint density at radius 3 is 3.00 bits per heavy atom. The summed E-state index contributed by atoms with van der Waals surface area (Å²) in [4.78, 5) is 4.95. The molecule has 1 heterocycles. The molecule has 0 aromatic carbocycles. The third-order valence-electron chi connectivity index (χ3n) is 3.34. The first-order valence-electron chi connectivity index (χ1n) is 6.93. The molecule has 0 amide bonds. The van der Waals surface area contributed by atoms with Crippen LogP contribution >= 0.6 is 0 Å². The zero-order valence-corrected chi connectivity index (χ0v) is 11.7. The van der Waals surface area contributed by atoms with E-state index in [1.54, 1.807) is 0 Å². The summed E-state index contributed by atoms with van der Waals surface area (Å²) in [6, 6.07) is 0. The normalized spacial score (nSPS) is 22.2. The van der Waals surface area contributed by atoms with Gasteiger partial charge in [0.05, 0.1) is 12.7 Å². The average Bonchev–Trinajstić information content (AvgIpc) is 2.35. The van der Waals surface area contributed by atoms with Crippen molar-refractivity contribution in [3.63, 3.8) is 0 Å². The van der Waals surface area contributed by atoms with Crippen LogP contribution in [0.25, 0.3) is 0 Å². The van der Waals surface area contributed by atoms with Gasteiger partial charge in [-0.25, -0.2) is 0 Å². The molecule has 0 aliphatic carbocycles. The Kier molecular flexibility index (Phi) is 7.77. The molecule has 4 heteroatoms. The van der Waals surface area contributed by atoms with Crippen LogP contribution in [0.2, 0.25) is 0 Å². The second-order valence-corrected chi connectivity index (χ2v) is 4.99. The van der Waals surface area contributed by atoms with E-state index in [1.807, 2.05) is 7.05 Å². The molecule has 17 heavy (non-hydrogen) atoms. The van der Waals surface area contributed by atoms with Crippen molar-refractivity contribution in [3.05, 3.63) is 0 Å². The molecule has 0 bridgehead atoms. The lowest BCUT2D eigenvalue weighted by atomic mass is 10.2. The lowest BCUT2D eigenvalue weighted by molar-refractivity contribution is -0.0329. The van der Waals surface area contributed by atoms with Crippen LogP contribution in [0.3, 0.4) is 0 Å². The van der Waals surface area contributed by atoms with E-state index in [1.165, 1.54) is 26.1 Å². The van der Waals surface area contributed by atoms with Crippen LogP contribution in [0, 0.1) is 0 Å². The van der Waals surface area contributed by atoms with Gasteiger partial charge in [0.25, 0.3) is 0 Å². The standard InChI is InChI=1S/C13H29N3O.H2/c1-4-7-15(3)8-9-16-10-11-17-13(12-16)5-6-14-2;/h13-14H,4-12H2,1-3H3;1H/t13-;/m1./s1. The minimum atomic E-state index is 0. The third-order valence-corrected chi connectivity index (χ3v) is 3.34. The predicted molar refractivity (Wildman–Crippen MR) is 74.6 cm³/mol. The molecule has 1 fully saturated rings.